The molecule has 1 unspecified atom stereocenters. The maximum absolute atomic E-state index is 11.6. The molecule has 2 aliphatic heterocycles. The molecule has 1 aromatic rings. The number of rotatable bonds is 0. The van der Waals surface area contributed by atoms with Crippen molar-refractivity contribution < 1.29 is 9.90 Å². The molecule has 0 aromatic heterocycles. The molecular formula is C11H9N3O2. The lowest BCUT2D eigenvalue weighted by Gasteiger charge is -2.19. The first-order valence-electron chi connectivity index (χ1n) is 4.96. The molecule has 5 nitrogen and oxygen atoms in total. The molecule has 2 heterocycles. The number of fused-ring (bicyclic) bond motifs is 2. The Balaban J connectivity index is 2.32. The lowest BCUT2D eigenvalue weighted by molar-refractivity contribution is -0.121. The van der Waals surface area contributed by atoms with Crippen LogP contribution in [0.5, 0.6) is 5.75 Å². The minimum Gasteiger partial charge on any atom is -0.507 e. The van der Waals surface area contributed by atoms with Gasteiger partial charge in [0.15, 0.2) is 0 Å². The van der Waals surface area contributed by atoms with Gasteiger partial charge in [-0.25, -0.2) is 9.98 Å². The highest BCUT2D eigenvalue weighted by molar-refractivity contribution is 6.10. The molecule has 0 spiro atoms. The lowest BCUT2D eigenvalue weighted by Crippen LogP contribution is -2.44. The summed E-state index contributed by atoms with van der Waals surface area (Å²) in [5.41, 5.74) is 0. The van der Waals surface area contributed by atoms with Gasteiger partial charge in [-0.1, -0.05) is 12.1 Å². The standard InChI is InChI=1S/C11H9N3O2/c15-9-3-1-2-8-6(9)4-7-10(14-8)12-5-13-11(7)16/h1-4,7,15H,5H2,(H,13,16). The van der Waals surface area contributed by atoms with Gasteiger partial charge >= 0.3 is 0 Å². The van der Waals surface area contributed by atoms with Crippen LogP contribution in [0, 0.1) is 5.92 Å². The molecule has 0 bridgehead atoms. The van der Waals surface area contributed by atoms with E-state index < -0.39 is 5.92 Å². The summed E-state index contributed by atoms with van der Waals surface area (Å²) in [4.78, 5) is 20.0. The summed E-state index contributed by atoms with van der Waals surface area (Å²) in [6.45, 7) is 0.274. The molecule has 1 amide bonds. The Labute approximate surface area is 90.9 Å². The molecule has 0 saturated carbocycles. The molecule has 5 heteroatoms. The molecule has 1 aromatic carbocycles. The van der Waals surface area contributed by atoms with Crippen molar-refractivity contribution in [2.45, 2.75) is 0 Å². The monoisotopic (exact) mass is 215 g/mol. The number of nitrogens with one attached hydrogen (secondary N) is 1. The van der Waals surface area contributed by atoms with Crippen LogP contribution in [-0.4, -0.2) is 23.5 Å². The molecular weight excluding hydrogens is 206 g/mol. The Bertz CT molecular complexity index is 619. The summed E-state index contributed by atoms with van der Waals surface area (Å²) in [6, 6.07) is 5.08. The summed E-state index contributed by atoms with van der Waals surface area (Å²) >= 11 is 0. The van der Waals surface area contributed by atoms with Crippen LogP contribution in [0.4, 0.5) is 0 Å². The molecule has 0 aliphatic carbocycles. The smallest absolute Gasteiger partial charge is 0.236 e. The Morgan fingerprint density at radius 1 is 1.44 bits per heavy atom. The average Bonchev–Trinajstić information content (AvgIpc) is 2.28. The number of phenols is 1. The normalized spacial score (nSPS) is 21.9. The molecule has 80 valence electrons. The molecule has 2 N–H and O–H groups in total. The average molecular weight is 215 g/mol. The molecule has 0 fully saturated rings. The maximum Gasteiger partial charge on any atom is 0.236 e. The number of hydrogen-bond acceptors (Lipinski definition) is 4. The number of carbonyl (C=O) groups is 1. The predicted octanol–water partition coefficient (Wildman–Crippen LogP) is -1.09. The van der Waals surface area contributed by atoms with Gasteiger partial charge in [0.05, 0.1) is 5.36 Å². The number of phenolic OH excluding ortho intramolecular Hbond substituents is 1. The summed E-state index contributed by atoms with van der Waals surface area (Å²) in [7, 11) is 0. The van der Waals surface area contributed by atoms with Crippen LogP contribution in [0.3, 0.4) is 0 Å². The Morgan fingerprint density at radius 3 is 3.19 bits per heavy atom. The van der Waals surface area contributed by atoms with Gasteiger partial charge in [0.1, 0.15) is 24.2 Å². The van der Waals surface area contributed by atoms with Crippen molar-refractivity contribution in [3.63, 3.8) is 0 Å². The zero-order chi connectivity index (χ0) is 11.1. The number of aromatic hydroxyl groups is 1. The minimum atomic E-state index is -0.477. The van der Waals surface area contributed by atoms with Gasteiger partial charge in [-0.05, 0) is 12.1 Å². The van der Waals surface area contributed by atoms with Crippen LogP contribution in [0.25, 0.3) is 6.08 Å². The van der Waals surface area contributed by atoms with E-state index in [0.717, 1.165) is 0 Å². The van der Waals surface area contributed by atoms with Crippen molar-refractivity contribution in [3.8, 4) is 5.75 Å². The van der Waals surface area contributed by atoms with E-state index in [9.17, 15) is 9.90 Å². The van der Waals surface area contributed by atoms with Crippen molar-refractivity contribution in [1.82, 2.24) is 5.32 Å². The number of amidine groups is 1. The first-order valence-corrected chi connectivity index (χ1v) is 4.96. The van der Waals surface area contributed by atoms with E-state index in [1.165, 1.54) is 0 Å². The second-order valence-electron chi connectivity index (χ2n) is 3.68. The predicted molar refractivity (Wildman–Crippen MR) is 57.3 cm³/mol. The van der Waals surface area contributed by atoms with Crippen molar-refractivity contribution in [2.24, 2.45) is 15.9 Å². The third-order valence-electron chi connectivity index (χ3n) is 2.68. The molecule has 3 rings (SSSR count). The summed E-state index contributed by atoms with van der Waals surface area (Å²) in [6.07, 6.45) is 1.70. The second-order valence-corrected chi connectivity index (χ2v) is 3.68. The van der Waals surface area contributed by atoms with Gasteiger partial charge in [-0.15, -0.1) is 0 Å². The fourth-order valence-corrected chi connectivity index (χ4v) is 1.88. The first kappa shape index (κ1) is 9.08. The summed E-state index contributed by atoms with van der Waals surface area (Å²) in [5.74, 6) is 0.0535. The molecule has 16 heavy (non-hydrogen) atoms. The van der Waals surface area contributed by atoms with Crippen LogP contribution in [0.1, 0.15) is 0 Å². The van der Waals surface area contributed by atoms with Gasteiger partial charge in [-0.3, -0.25) is 4.79 Å². The van der Waals surface area contributed by atoms with Gasteiger partial charge in [0, 0.05) is 5.22 Å². The fourth-order valence-electron chi connectivity index (χ4n) is 1.88. The van der Waals surface area contributed by atoms with Crippen molar-refractivity contribution in [2.75, 3.05) is 6.67 Å². The number of carbonyl (C=O) groups excluding carboxylic acids is 1. The van der Waals surface area contributed by atoms with E-state index in [1.807, 2.05) is 0 Å². The fraction of sp³-hybridized carbons (Fsp3) is 0.182. The highest BCUT2D eigenvalue weighted by Crippen LogP contribution is 2.11. The minimum absolute atomic E-state index is 0.123. The third kappa shape index (κ3) is 1.21. The summed E-state index contributed by atoms with van der Waals surface area (Å²) < 4.78 is 0. The Hall–Kier alpha value is -2.17. The highest BCUT2D eigenvalue weighted by atomic mass is 16.3. The molecule has 1 atom stereocenters. The molecule has 2 aliphatic rings. The topological polar surface area (TPSA) is 74.0 Å². The maximum atomic E-state index is 11.6. The van der Waals surface area contributed by atoms with Crippen LogP contribution in [0.15, 0.2) is 28.2 Å². The molecule has 0 saturated heterocycles. The Morgan fingerprint density at radius 2 is 2.31 bits per heavy atom. The van der Waals surface area contributed by atoms with Crippen LogP contribution in [0.2, 0.25) is 0 Å². The number of amides is 1. The number of benzene rings is 1. The largest absolute Gasteiger partial charge is 0.507 e. The third-order valence-corrected chi connectivity index (χ3v) is 2.68. The van der Waals surface area contributed by atoms with E-state index >= 15 is 0 Å². The van der Waals surface area contributed by atoms with Crippen molar-refractivity contribution in [3.05, 3.63) is 28.8 Å². The highest BCUT2D eigenvalue weighted by Gasteiger charge is 2.27. The molecule has 0 radical (unpaired) electrons. The zero-order valence-corrected chi connectivity index (χ0v) is 8.34. The number of nitrogens with zero attached hydrogens (tertiary/aromatic N) is 2. The van der Waals surface area contributed by atoms with Crippen molar-refractivity contribution >= 4 is 17.8 Å². The van der Waals surface area contributed by atoms with E-state index in [0.29, 0.717) is 16.4 Å². The van der Waals surface area contributed by atoms with Gasteiger partial charge < -0.3 is 10.4 Å². The first-order chi connectivity index (χ1) is 7.75. The van der Waals surface area contributed by atoms with Crippen LogP contribution >= 0.6 is 0 Å². The van der Waals surface area contributed by atoms with E-state index in [1.54, 1.807) is 24.3 Å². The van der Waals surface area contributed by atoms with Crippen LogP contribution in [-0.2, 0) is 4.79 Å². The van der Waals surface area contributed by atoms with E-state index in [4.69, 9.17) is 0 Å². The second kappa shape index (κ2) is 3.16. The lowest BCUT2D eigenvalue weighted by atomic mass is 10.0. The van der Waals surface area contributed by atoms with Gasteiger partial charge in [0.2, 0.25) is 5.91 Å². The van der Waals surface area contributed by atoms with E-state index in [2.05, 4.69) is 15.3 Å². The SMILES string of the molecule is O=C1NCN=C2N=c3cccc(O)c3=CC12. The number of hydrogen-bond donors (Lipinski definition) is 2. The van der Waals surface area contributed by atoms with Crippen LogP contribution < -0.4 is 15.9 Å². The summed E-state index contributed by atoms with van der Waals surface area (Å²) in [5, 5.41) is 13.6. The van der Waals surface area contributed by atoms with Gasteiger partial charge in [0.25, 0.3) is 0 Å². The van der Waals surface area contributed by atoms with E-state index in [-0.39, 0.29) is 18.3 Å². The Kier molecular flexibility index (Phi) is 1.80. The number of aliphatic imine (C=N–C) groups is 1. The zero-order valence-electron chi connectivity index (χ0n) is 8.34. The van der Waals surface area contributed by atoms with Crippen molar-refractivity contribution in [1.29, 1.82) is 0 Å². The quantitative estimate of drug-likeness (QED) is 0.577. The van der Waals surface area contributed by atoms with Gasteiger partial charge in [-0.2, -0.15) is 0 Å².